The van der Waals surface area contributed by atoms with Crippen LogP contribution in [0.5, 0.6) is 0 Å². The summed E-state index contributed by atoms with van der Waals surface area (Å²) in [5, 5.41) is 13.8. The molecule has 1 heterocycles. The van der Waals surface area contributed by atoms with Crippen LogP contribution >= 0.6 is 11.3 Å². The molecule has 0 spiro atoms. The number of hydrogen-bond donors (Lipinski definition) is 2. The molecule has 0 aliphatic heterocycles. The number of hydrogen-bond acceptors (Lipinski definition) is 3. The Bertz CT molecular complexity index is 586. The lowest BCUT2D eigenvalue weighted by molar-refractivity contribution is 0.0701. The molecule has 1 aliphatic rings. The highest BCUT2D eigenvalue weighted by Crippen LogP contribution is 2.31. The lowest BCUT2D eigenvalue weighted by atomic mass is 9.93. The molecular weight excluding hydrogens is 246 g/mol. The Morgan fingerprint density at radius 2 is 2.17 bits per heavy atom. The van der Waals surface area contributed by atoms with E-state index in [1.54, 1.807) is 0 Å². The Hall–Kier alpha value is -1.39. The first-order chi connectivity index (χ1) is 8.75. The summed E-state index contributed by atoms with van der Waals surface area (Å²) < 4.78 is 1.06. The first kappa shape index (κ1) is 11.7. The molecule has 1 aromatic heterocycles. The highest BCUT2D eigenvalue weighted by atomic mass is 32.1. The second kappa shape index (κ2) is 4.71. The molecule has 0 unspecified atom stereocenters. The predicted octanol–water partition coefficient (Wildman–Crippen LogP) is 3.24. The van der Waals surface area contributed by atoms with Crippen LogP contribution in [-0.2, 0) is 6.54 Å². The van der Waals surface area contributed by atoms with Crippen molar-refractivity contribution in [1.82, 2.24) is 5.32 Å². The van der Waals surface area contributed by atoms with Gasteiger partial charge in [0.05, 0.1) is 0 Å². The maximum Gasteiger partial charge on any atom is 0.346 e. The van der Waals surface area contributed by atoms with E-state index in [9.17, 15) is 9.90 Å². The van der Waals surface area contributed by atoms with Gasteiger partial charge < -0.3 is 10.4 Å². The van der Waals surface area contributed by atoms with Gasteiger partial charge in [0.2, 0.25) is 0 Å². The minimum absolute atomic E-state index is 0.475. The molecule has 1 aliphatic carbocycles. The highest BCUT2D eigenvalue weighted by Gasteiger charge is 2.20. The second-order valence-electron chi connectivity index (χ2n) is 4.72. The molecule has 0 saturated heterocycles. The molecule has 3 rings (SSSR count). The van der Waals surface area contributed by atoms with Gasteiger partial charge in [-0.3, -0.25) is 0 Å². The van der Waals surface area contributed by atoms with E-state index in [0.717, 1.165) is 15.6 Å². The van der Waals surface area contributed by atoms with E-state index in [1.807, 2.05) is 24.3 Å². The van der Waals surface area contributed by atoms with Gasteiger partial charge in [-0.05, 0) is 29.9 Å². The summed E-state index contributed by atoms with van der Waals surface area (Å²) in [6, 6.07) is 8.49. The van der Waals surface area contributed by atoms with Crippen molar-refractivity contribution in [3.8, 4) is 0 Å². The standard InChI is InChI=1S/C14H15NO2S/c16-14(17)13-11(8-15-9-4-3-5-9)10-6-1-2-7-12(10)18-13/h1-2,6-7,9,15H,3-5,8H2,(H,16,17). The molecule has 1 fully saturated rings. The van der Waals surface area contributed by atoms with Gasteiger partial charge >= 0.3 is 5.97 Å². The SMILES string of the molecule is O=C(O)c1sc2ccccc2c1CNC1CCC1. The van der Waals surface area contributed by atoms with Crippen LogP contribution in [0.4, 0.5) is 0 Å². The number of carbonyl (C=O) groups is 1. The summed E-state index contributed by atoms with van der Waals surface area (Å²) in [5.74, 6) is -0.818. The summed E-state index contributed by atoms with van der Waals surface area (Å²) >= 11 is 1.37. The normalized spacial score (nSPS) is 15.8. The van der Waals surface area contributed by atoms with Crippen molar-refractivity contribution in [1.29, 1.82) is 0 Å². The molecule has 1 aromatic carbocycles. The molecule has 18 heavy (non-hydrogen) atoms. The number of thiophene rings is 1. The molecule has 0 bridgehead atoms. The molecular formula is C14H15NO2S. The third-order valence-corrected chi connectivity index (χ3v) is 4.77. The van der Waals surface area contributed by atoms with E-state index >= 15 is 0 Å². The zero-order chi connectivity index (χ0) is 12.5. The van der Waals surface area contributed by atoms with Crippen molar-refractivity contribution in [3.63, 3.8) is 0 Å². The fourth-order valence-corrected chi connectivity index (χ4v) is 3.37. The zero-order valence-electron chi connectivity index (χ0n) is 9.98. The Morgan fingerprint density at radius 3 is 2.83 bits per heavy atom. The van der Waals surface area contributed by atoms with Gasteiger partial charge in [-0.25, -0.2) is 4.79 Å². The summed E-state index contributed by atoms with van der Waals surface area (Å²) in [6.07, 6.45) is 3.71. The minimum Gasteiger partial charge on any atom is -0.477 e. The smallest absolute Gasteiger partial charge is 0.346 e. The van der Waals surface area contributed by atoms with Crippen molar-refractivity contribution >= 4 is 27.4 Å². The molecule has 2 aromatic rings. The minimum atomic E-state index is -0.818. The quantitative estimate of drug-likeness (QED) is 0.888. The summed E-state index contributed by atoms with van der Waals surface area (Å²) in [4.78, 5) is 11.8. The first-order valence-corrected chi connectivity index (χ1v) is 7.04. The van der Waals surface area contributed by atoms with Crippen molar-refractivity contribution in [2.24, 2.45) is 0 Å². The number of aromatic carboxylic acids is 1. The zero-order valence-corrected chi connectivity index (χ0v) is 10.8. The van der Waals surface area contributed by atoms with E-state index < -0.39 is 5.97 Å². The lowest BCUT2D eigenvalue weighted by Crippen LogP contribution is -2.34. The average Bonchev–Trinajstić information content (AvgIpc) is 2.66. The Balaban J connectivity index is 1.95. The van der Waals surface area contributed by atoms with Gasteiger partial charge in [0.15, 0.2) is 0 Å². The predicted molar refractivity (Wildman–Crippen MR) is 73.3 cm³/mol. The third-order valence-electron chi connectivity index (χ3n) is 3.57. The monoisotopic (exact) mass is 261 g/mol. The topological polar surface area (TPSA) is 49.3 Å². The third kappa shape index (κ3) is 2.02. The van der Waals surface area contributed by atoms with Gasteiger partial charge in [0, 0.05) is 17.3 Å². The largest absolute Gasteiger partial charge is 0.477 e. The maximum atomic E-state index is 11.3. The number of carboxylic acid groups (broad SMARTS) is 1. The number of nitrogens with one attached hydrogen (secondary N) is 1. The molecule has 94 valence electrons. The maximum absolute atomic E-state index is 11.3. The van der Waals surface area contributed by atoms with E-state index in [2.05, 4.69) is 5.32 Å². The van der Waals surface area contributed by atoms with E-state index in [-0.39, 0.29) is 0 Å². The van der Waals surface area contributed by atoms with Gasteiger partial charge in [-0.2, -0.15) is 0 Å². The van der Waals surface area contributed by atoms with Crippen molar-refractivity contribution in [2.75, 3.05) is 0 Å². The van der Waals surface area contributed by atoms with Crippen LogP contribution in [0, 0.1) is 0 Å². The number of benzene rings is 1. The van der Waals surface area contributed by atoms with Crippen LogP contribution < -0.4 is 5.32 Å². The molecule has 2 N–H and O–H groups in total. The molecule has 0 atom stereocenters. The van der Waals surface area contributed by atoms with Gasteiger partial charge in [0.25, 0.3) is 0 Å². The number of fused-ring (bicyclic) bond motifs is 1. The Morgan fingerprint density at radius 1 is 1.39 bits per heavy atom. The molecule has 1 saturated carbocycles. The van der Waals surface area contributed by atoms with Gasteiger partial charge in [0.1, 0.15) is 4.88 Å². The number of rotatable bonds is 4. The van der Waals surface area contributed by atoms with E-state index in [4.69, 9.17) is 0 Å². The molecule has 4 heteroatoms. The highest BCUT2D eigenvalue weighted by molar-refractivity contribution is 7.21. The summed E-state index contributed by atoms with van der Waals surface area (Å²) in [6.45, 7) is 0.663. The fourth-order valence-electron chi connectivity index (χ4n) is 2.31. The van der Waals surface area contributed by atoms with E-state index in [1.165, 1.54) is 30.6 Å². The van der Waals surface area contributed by atoms with Crippen LogP contribution in [0.3, 0.4) is 0 Å². The second-order valence-corrected chi connectivity index (χ2v) is 5.77. The Labute approximate surface area is 109 Å². The lowest BCUT2D eigenvalue weighted by Gasteiger charge is -2.26. The van der Waals surface area contributed by atoms with Gasteiger partial charge in [-0.1, -0.05) is 24.6 Å². The summed E-state index contributed by atoms with van der Waals surface area (Å²) in [5.41, 5.74) is 0.940. The summed E-state index contributed by atoms with van der Waals surface area (Å²) in [7, 11) is 0. The molecule has 3 nitrogen and oxygen atoms in total. The molecule has 0 amide bonds. The Kier molecular flexibility index (Phi) is 3.06. The van der Waals surface area contributed by atoms with Crippen molar-refractivity contribution in [2.45, 2.75) is 31.8 Å². The average molecular weight is 261 g/mol. The van der Waals surface area contributed by atoms with Crippen molar-refractivity contribution in [3.05, 3.63) is 34.7 Å². The van der Waals surface area contributed by atoms with Crippen LogP contribution in [0.2, 0.25) is 0 Å². The van der Waals surface area contributed by atoms with E-state index in [0.29, 0.717) is 17.5 Å². The first-order valence-electron chi connectivity index (χ1n) is 6.23. The van der Waals surface area contributed by atoms with Crippen LogP contribution in [-0.4, -0.2) is 17.1 Å². The van der Waals surface area contributed by atoms with Crippen LogP contribution in [0.15, 0.2) is 24.3 Å². The van der Waals surface area contributed by atoms with Crippen LogP contribution in [0.25, 0.3) is 10.1 Å². The fraction of sp³-hybridized carbons (Fsp3) is 0.357. The van der Waals surface area contributed by atoms with Crippen LogP contribution in [0.1, 0.15) is 34.5 Å². The van der Waals surface area contributed by atoms with Crippen molar-refractivity contribution < 1.29 is 9.90 Å². The number of carboxylic acids is 1. The van der Waals surface area contributed by atoms with Gasteiger partial charge in [-0.15, -0.1) is 11.3 Å². The molecule has 0 radical (unpaired) electrons.